The van der Waals surface area contributed by atoms with E-state index < -0.39 is 0 Å². The molecule has 5 nitrogen and oxygen atoms in total. The molecule has 0 spiro atoms. The molecule has 0 aliphatic carbocycles. The number of nitrogens with zero attached hydrogens (tertiary/aromatic N) is 4. The summed E-state index contributed by atoms with van der Waals surface area (Å²) in [5, 5.41) is 13.6. The molecule has 1 saturated heterocycles. The van der Waals surface area contributed by atoms with E-state index in [1.54, 1.807) is 0 Å². The van der Waals surface area contributed by atoms with Crippen LogP contribution in [0, 0.1) is 17.2 Å². The summed E-state index contributed by atoms with van der Waals surface area (Å²) in [4.78, 5) is 2.46. The van der Waals surface area contributed by atoms with E-state index in [-0.39, 0.29) is 0 Å². The molecular weight excluding hydrogens is 300 g/mol. The molecule has 2 aromatic rings. The Balaban J connectivity index is 1.78. The molecule has 1 atom stereocenters. The van der Waals surface area contributed by atoms with Crippen LogP contribution in [0.15, 0.2) is 30.5 Å². The largest absolute Gasteiger partial charge is 0.381 e. The second-order valence-corrected chi connectivity index (χ2v) is 6.42. The second-order valence-electron chi connectivity index (χ2n) is 6.42. The number of aromatic nitrogens is 2. The summed E-state index contributed by atoms with van der Waals surface area (Å²) < 4.78 is 7.37. The zero-order chi connectivity index (χ0) is 16.9. The van der Waals surface area contributed by atoms with Crippen LogP contribution in [-0.2, 0) is 18.3 Å². The van der Waals surface area contributed by atoms with Gasteiger partial charge in [0.05, 0.1) is 23.9 Å². The topological polar surface area (TPSA) is 54.1 Å². The third-order valence-electron chi connectivity index (χ3n) is 4.57. The van der Waals surface area contributed by atoms with Crippen LogP contribution in [0.1, 0.15) is 24.5 Å². The number of benzene rings is 1. The Morgan fingerprint density at radius 2 is 2.17 bits per heavy atom. The molecule has 2 heterocycles. The molecule has 24 heavy (non-hydrogen) atoms. The van der Waals surface area contributed by atoms with Gasteiger partial charge in [0, 0.05) is 44.1 Å². The van der Waals surface area contributed by atoms with Crippen LogP contribution >= 0.6 is 0 Å². The monoisotopic (exact) mass is 324 g/mol. The van der Waals surface area contributed by atoms with Crippen molar-refractivity contribution in [3.05, 3.63) is 41.6 Å². The van der Waals surface area contributed by atoms with Gasteiger partial charge in [-0.05, 0) is 31.0 Å². The average Bonchev–Trinajstić information content (AvgIpc) is 3.24. The molecular formula is C19H24N4O. The SMILES string of the molecule is CCN(Cc1cn(C)nc1-c1ccc(C#N)cc1)C[C@H]1CCOC1. The smallest absolute Gasteiger partial charge is 0.0991 e. The molecule has 1 aromatic carbocycles. The molecule has 1 aliphatic rings. The van der Waals surface area contributed by atoms with Gasteiger partial charge in [0.25, 0.3) is 0 Å². The lowest BCUT2D eigenvalue weighted by molar-refractivity contribution is 0.167. The van der Waals surface area contributed by atoms with Gasteiger partial charge in [0.1, 0.15) is 0 Å². The fraction of sp³-hybridized carbons (Fsp3) is 0.474. The van der Waals surface area contributed by atoms with Crippen molar-refractivity contribution in [2.45, 2.75) is 19.9 Å². The van der Waals surface area contributed by atoms with Crippen molar-refractivity contribution >= 4 is 0 Å². The fourth-order valence-corrected chi connectivity index (χ4v) is 3.24. The van der Waals surface area contributed by atoms with E-state index >= 15 is 0 Å². The van der Waals surface area contributed by atoms with E-state index in [1.807, 2.05) is 36.0 Å². The van der Waals surface area contributed by atoms with Crippen LogP contribution < -0.4 is 0 Å². The Bertz CT molecular complexity index is 708. The van der Waals surface area contributed by atoms with Crippen LogP contribution in [0.4, 0.5) is 0 Å². The predicted molar refractivity (Wildman–Crippen MR) is 93.2 cm³/mol. The van der Waals surface area contributed by atoms with Gasteiger partial charge in [0.2, 0.25) is 0 Å². The second kappa shape index (κ2) is 7.61. The Hall–Kier alpha value is -2.16. The molecule has 0 amide bonds. The number of aryl methyl sites for hydroxylation is 1. The molecule has 0 bridgehead atoms. The van der Waals surface area contributed by atoms with E-state index in [0.29, 0.717) is 11.5 Å². The minimum Gasteiger partial charge on any atom is -0.381 e. The molecule has 1 aliphatic heterocycles. The highest BCUT2D eigenvalue weighted by atomic mass is 16.5. The molecule has 5 heteroatoms. The van der Waals surface area contributed by atoms with E-state index in [1.165, 1.54) is 5.56 Å². The van der Waals surface area contributed by atoms with Gasteiger partial charge in [0.15, 0.2) is 0 Å². The number of hydrogen-bond acceptors (Lipinski definition) is 4. The minimum atomic E-state index is 0.639. The normalized spacial score (nSPS) is 17.3. The van der Waals surface area contributed by atoms with E-state index in [4.69, 9.17) is 10.00 Å². The van der Waals surface area contributed by atoms with E-state index in [2.05, 4.69) is 29.2 Å². The summed E-state index contributed by atoms with van der Waals surface area (Å²) in [7, 11) is 1.96. The standard InChI is InChI=1S/C19H24N4O/c1-3-23(11-16-8-9-24-14-16)13-18-12-22(2)21-19(18)17-6-4-15(10-20)5-7-17/h4-7,12,16H,3,8-9,11,13-14H2,1-2H3/t16-/m1/s1. The zero-order valence-corrected chi connectivity index (χ0v) is 14.4. The highest BCUT2D eigenvalue weighted by Crippen LogP contribution is 2.24. The van der Waals surface area contributed by atoms with Gasteiger partial charge in [-0.2, -0.15) is 10.4 Å². The molecule has 0 unspecified atom stereocenters. The molecule has 3 rings (SSSR count). The lowest BCUT2D eigenvalue weighted by Crippen LogP contribution is -2.29. The molecule has 0 N–H and O–H groups in total. The third-order valence-corrected chi connectivity index (χ3v) is 4.57. The first kappa shape index (κ1) is 16.7. The first-order valence-electron chi connectivity index (χ1n) is 8.52. The van der Waals surface area contributed by atoms with E-state index in [9.17, 15) is 0 Å². The van der Waals surface area contributed by atoms with Crippen molar-refractivity contribution in [1.29, 1.82) is 5.26 Å². The van der Waals surface area contributed by atoms with Crippen LogP contribution in [0.5, 0.6) is 0 Å². The van der Waals surface area contributed by atoms with Gasteiger partial charge < -0.3 is 4.74 Å². The summed E-state index contributed by atoms with van der Waals surface area (Å²) in [5.74, 6) is 0.639. The maximum atomic E-state index is 8.96. The summed E-state index contributed by atoms with van der Waals surface area (Å²) in [5.41, 5.74) is 3.96. The van der Waals surface area contributed by atoms with Crippen molar-refractivity contribution in [2.75, 3.05) is 26.3 Å². The average molecular weight is 324 g/mol. The fourth-order valence-electron chi connectivity index (χ4n) is 3.24. The van der Waals surface area contributed by atoms with Gasteiger partial charge in [-0.1, -0.05) is 19.1 Å². The highest BCUT2D eigenvalue weighted by molar-refractivity contribution is 5.63. The summed E-state index contributed by atoms with van der Waals surface area (Å²) >= 11 is 0. The van der Waals surface area contributed by atoms with Crippen LogP contribution in [-0.4, -0.2) is 41.0 Å². The van der Waals surface area contributed by atoms with Crippen molar-refractivity contribution in [3.63, 3.8) is 0 Å². The molecule has 126 valence electrons. The number of ether oxygens (including phenoxy) is 1. The number of rotatable bonds is 6. The molecule has 1 aromatic heterocycles. The zero-order valence-electron chi connectivity index (χ0n) is 14.4. The number of hydrogen-bond donors (Lipinski definition) is 0. The Kier molecular flexibility index (Phi) is 5.29. The molecule has 1 fully saturated rings. The highest BCUT2D eigenvalue weighted by Gasteiger charge is 2.20. The van der Waals surface area contributed by atoms with Crippen molar-refractivity contribution in [1.82, 2.24) is 14.7 Å². The van der Waals surface area contributed by atoms with Gasteiger partial charge in [-0.3, -0.25) is 9.58 Å². The summed E-state index contributed by atoms with van der Waals surface area (Å²) in [6.07, 6.45) is 3.26. The van der Waals surface area contributed by atoms with Crippen LogP contribution in [0.25, 0.3) is 11.3 Å². The van der Waals surface area contributed by atoms with Gasteiger partial charge >= 0.3 is 0 Å². The van der Waals surface area contributed by atoms with Crippen LogP contribution in [0.3, 0.4) is 0 Å². The lowest BCUT2D eigenvalue weighted by atomic mass is 10.0. The Morgan fingerprint density at radius 1 is 1.38 bits per heavy atom. The van der Waals surface area contributed by atoms with Gasteiger partial charge in [-0.25, -0.2) is 0 Å². The maximum absolute atomic E-state index is 8.96. The third kappa shape index (κ3) is 3.84. The molecule has 0 radical (unpaired) electrons. The van der Waals surface area contributed by atoms with Crippen molar-refractivity contribution < 1.29 is 4.74 Å². The first-order valence-corrected chi connectivity index (χ1v) is 8.52. The van der Waals surface area contributed by atoms with Crippen molar-refractivity contribution in [2.24, 2.45) is 13.0 Å². The van der Waals surface area contributed by atoms with E-state index in [0.717, 1.165) is 50.5 Å². The van der Waals surface area contributed by atoms with Gasteiger partial charge in [-0.15, -0.1) is 0 Å². The quantitative estimate of drug-likeness (QED) is 0.820. The lowest BCUT2D eigenvalue weighted by Gasteiger charge is -2.23. The summed E-state index contributed by atoms with van der Waals surface area (Å²) in [6, 6.07) is 9.81. The maximum Gasteiger partial charge on any atom is 0.0991 e. The minimum absolute atomic E-state index is 0.639. The Morgan fingerprint density at radius 3 is 2.79 bits per heavy atom. The van der Waals surface area contributed by atoms with Crippen LogP contribution in [0.2, 0.25) is 0 Å². The number of nitriles is 1. The first-order chi connectivity index (χ1) is 11.7. The molecule has 0 saturated carbocycles. The summed E-state index contributed by atoms with van der Waals surface area (Å²) in [6.45, 7) is 6.94. The van der Waals surface area contributed by atoms with Crippen molar-refractivity contribution in [3.8, 4) is 17.3 Å². The predicted octanol–water partition coefficient (Wildman–Crippen LogP) is 2.82. The Labute approximate surface area is 143 Å².